The summed E-state index contributed by atoms with van der Waals surface area (Å²) in [6.07, 6.45) is -0.107. The molecule has 0 aliphatic rings. The quantitative estimate of drug-likeness (QED) is 0.788. The van der Waals surface area contributed by atoms with Gasteiger partial charge in [0.1, 0.15) is 11.5 Å². The zero-order valence-electron chi connectivity index (χ0n) is 14.0. The highest BCUT2D eigenvalue weighted by Gasteiger charge is 2.19. The van der Waals surface area contributed by atoms with E-state index in [1.54, 1.807) is 55.6 Å². The lowest BCUT2D eigenvalue weighted by molar-refractivity contribution is -0.122. The maximum absolute atomic E-state index is 12.4. The molecular weight excluding hydrogens is 306 g/mol. The molecular formula is C19H21NO4. The first-order chi connectivity index (χ1) is 11.5. The Kier molecular flexibility index (Phi) is 5.95. The highest BCUT2D eigenvalue weighted by Crippen LogP contribution is 2.20. The standard InChI is InChI=1S/C19H21NO4/c1-4-18(24-17-10-8-16(23-3)9-11-17)19(22)20-15-7-5-6-14(12-15)13(2)21/h5-12,18H,4H2,1-3H3,(H,20,22)/t18-/m0/s1. The van der Waals surface area contributed by atoms with Crippen molar-refractivity contribution in [2.24, 2.45) is 0 Å². The molecule has 0 fully saturated rings. The van der Waals surface area contributed by atoms with Crippen LogP contribution in [0.3, 0.4) is 0 Å². The third-order valence-electron chi connectivity index (χ3n) is 3.54. The van der Waals surface area contributed by atoms with Gasteiger partial charge in [-0.25, -0.2) is 0 Å². The van der Waals surface area contributed by atoms with Gasteiger partial charge in [-0.05, 0) is 49.7 Å². The molecule has 0 heterocycles. The predicted molar refractivity (Wildman–Crippen MR) is 92.8 cm³/mol. The number of amides is 1. The number of rotatable bonds is 7. The van der Waals surface area contributed by atoms with Crippen LogP contribution in [-0.2, 0) is 4.79 Å². The molecule has 5 heteroatoms. The van der Waals surface area contributed by atoms with Gasteiger partial charge >= 0.3 is 0 Å². The summed E-state index contributed by atoms with van der Waals surface area (Å²) in [5.41, 5.74) is 1.13. The summed E-state index contributed by atoms with van der Waals surface area (Å²) in [5.74, 6) is 1.01. The van der Waals surface area contributed by atoms with Gasteiger partial charge < -0.3 is 14.8 Å². The van der Waals surface area contributed by atoms with E-state index < -0.39 is 6.10 Å². The zero-order chi connectivity index (χ0) is 17.5. The largest absolute Gasteiger partial charge is 0.497 e. The van der Waals surface area contributed by atoms with Crippen molar-refractivity contribution in [1.82, 2.24) is 0 Å². The Morgan fingerprint density at radius 1 is 1.08 bits per heavy atom. The Morgan fingerprint density at radius 3 is 2.33 bits per heavy atom. The molecule has 2 rings (SSSR count). The molecule has 1 N–H and O–H groups in total. The predicted octanol–water partition coefficient (Wildman–Crippen LogP) is 3.69. The van der Waals surface area contributed by atoms with Crippen LogP contribution in [0, 0.1) is 0 Å². The number of methoxy groups -OCH3 is 1. The summed E-state index contributed by atoms with van der Waals surface area (Å²) >= 11 is 0. The molecule has 2 aromatic rings. The van der Waals surface area contributed by atoms with Gasteiger partial charge in [0.25, 0.3) is 5.91 Å². The van der Waals surface area contributed by atoms with Gasteiger partial charge in [-0.3, -0.25) is 9.59 Å². The number of carbonyl (C=O) groups excluding carboxylic acids is 2. The Bertz CT molecular complexity index is 710. The highest BCUT2D eigenvalue weighted by atomic mass is 16.5. The van der Waals surface area contributed by atoms with Crippen molar-refractivity contribution in [3.8, 4) is 11.5 Å². The molecule has 0 radical (unpaired) electrons. The van der Waals surface area contributed by atoms with E-state index in [0.717, 1.165) is 5.75 Å². The molecule has 0 unspecified atom stereocenters. The van der Waals surface area contributed by atoms with Gasteiger partial charge in [0.05, 0.1) is 7.11 Å². The van der Waals surface area contributed by atoms with E-state index in [4.69, 9.17) is 9.47 Å². The Hall–Kier alpha value is -2.82. The Balaban J connectivity index is 2.05. The fourth-order valence-electron chi connectivity index (χ4n) is 2.18. The van der Waals surface area contributed by atoms with Crippen LogP contribution in [0.4, 0.5) is 5.69 Å². The van der Waals surface area contributed by atoms with Crippen molar-refractivity contribution in [2.75, 3.05) is 12.4 Å². The first kappa shape index (κ1) is 17.5. The van der Waals surface area contributed by atoms with Crippen LogP contribution in [0.1, 0.15) is 30.6 Å². The summed E-state index contributed by atoms with van der Waals surface area (Å²) in [6, 6.07) is 13.9. The summed E-state index contributed by atoms with van der Waals surface area (Å²) in [5, 5.41) is 2.79. The van der Waals surface area contributed by atoms with Crippen LogP contribution < -0.4 is 14.8 Å². The molecule has 0 saturated carbocycles. The number of hydrogen-bond donors (Lipinski definition) is 1. The number of anilines is 1. The SMILES string of the molecule is CC[C@H](Oc1ccc(OC)cc1)C(=O)Nc1cccc(C(C)=O)c1. The van der Waals surface area contributed by atoms with Crippen LogP contribution in [0.15, 0.2) is 48.5 Å². The third kappa shape index (κ3) is 4.59. The molecule has 1 atom stereocenters. The lowest BCUT2D eigenvalue weighted by atomic mass is 10.1. The normalized spacial score (nSPS) is 11.5. The first-order valence-corrected chi connectivity index (χ1v) is 7.76. The summed E-state index contributed by atoms with van der Waals surface area (Å²) in [6.45, 7) is 3.36. The van der Waals surface area contributed by atoms with Crippen LogP contribution >= 0.6 is 0 Å². The fourth-order valence-corrected chi connectivity index (χ4v) is 2.18. The minimum atomic E-state index is -0.626. The van der Waals surface area contributed by atoms with Crippen molar-refractivity contribution in [3.63, 3.8) is 0 Å². The number of ether oxygens (including phenoxy) is 2. The van der Waals surface area contributed by atoms with E-state index in [-0.39, 0.29) is 11.7 Å². The molecule has 126 valence electrons. The number of carbonyl (C=O) groups is 2. The second-order valence-corrected chi connectivity index (χ2v) is 5.32. The van der Waals surface area contributed by atoms with Crippen LogP contribution in [0.2, 0.25) is 0 Å². The van der Waals surface area contributed by atoms with E-state index in [1.807, 2.05) is 6.92 Å². The van der Waals surface area contributed by atoms with Crippen LogP contribution in [-0.4, -0.2) is 24.9 Å². The molecule has 0 bridgehead atoms. The molecule has 5 nitrogen and oxygen atoms in total. The van der Waals surface area contributed by atoms with Gasteiger partial charge in [0.15, 0.2) is 11.9 Å². The highest BCUT2D eigenvalue weighted by molar-refractivity contribution is 5.98. The van der Waals surface area contributed by atoms with Gasteiger partial charge in [-0.15, -0.1) is 0 Å². The van der Waals surface area contributed by atoms with Gasteiger partial charge in [-0.1, -0.05) is 19.1 Å². The summed E-state index contributed by atoms with van der Waals surface area (Å²) in [7, 11) is 1.59. The minimum absolute atomic E-state index is 0.0485. The van der Waals surface area contributed by atoms with Crippen molar-refractivity contribution < 1.29 is 19.1 Å². The maximum atomic E-state index is 12.4. The molecule has 0 aliphatic carbocycles. The second-order valence-electron chi connectivity index (χ2n) is 5.32. The number of ketones is 1. The maximum Gasteiger partial charge on any atom is 0.265 e. The topological polar surface area (TPSA) is 64.6 Å². The average molecular weight is 327 g/mol. The second kappa shape index (κ2) is 8.15. The smallest absolute Gasteiger partial charge is 0.265 e. The fraction of sp³-hybridized carbons (Fsp3) is 0.263. The molecule has 2 aromatic carbocycles. The average Bonchev–Trinajstić information content (AvgIpc) is 2.60. The van der Waals surface area contributed by atoms with E-state index in [2.05, 4.69) is 5.32 Å². The van der Waals surface area contributed by atoms with Crippen molar-refractivity contribution >= 4 is 17.4 Å². The Morgan fingerprint density at radius 2 is 1.75 bits per heavy atom. The molecule has 0 aliphatic heterocycles. The Labute approximate surface area is 141 Å². The summed E-state index contributed by atoms with van der Waals surface area (Å²) in [4.78, 5) is 23.8. The van der Waals surface area contributed by atoms with E-state index in [1.165, 1.54) is 6.92 Å². The monoisotopic (exact) mass is 327 g/mol. The lowest BCUT2D eigenvalue weighted by Crippen LogP contribution is -2.32. The number of nitrogens with one attached hydrogen (secondary N) is 1. The number of hydrogen-bond acceptors (Lipinski definition) is 4. The van der Waals surface area contributed by atoms with Gasteiger partial charge in [-0.2, -0.15) is 0 Å². The molecule has 0 spiro atoms. The van der Waals surface area contributed by atoms with Crippen molar-refractivity contribution in [1.29, 1.82) is 0 Å². The molecule has 0 saturated heterocycles. The van der Waals surface area contributed by atoms with E-state index in [9.17, 15) is 9.59 Å². The van der Waals surface area contributed by atoms with E-state index in [0.29, 0.717) is 23.4 Å². The van der Waals surface area contributed by atoms with Crippen molar-refractivity contribution in [3.05, 3.63) is 54.1 Å². The lowest BCUT2D eigenvalue weighted by Gasteiger charge is -2.17. The number of benzene rings is 2. The van der Waals surface area contributed by atoms with Gasteiger partial charge in [0.2, 0.25) is 0 Å². The zero-order valence-corrected chi connectivity index (χ0v) is 14.0. The van der Waals surface area contributed by atoms with Crippen LogP contribution in [0.5, 0.6) is 11.5 Å². The number of Topliss-reactive ketones (excluding diaryl/α,β-unsaturated/α-hetero) is 1. The third-order valence-corrected chi connectivity index (χ3v) is 3.54. The molecule has 24 heavy (non-hydrogen) atoms. The van der Waals surface area contributed by atoms with Gasteiger partial charge in [0, 0.05) is 11.3 Å². The van der Waals surface area contributed by atoms with E-state index >= 15 is 0 Å². The minimum Gasteiger partial charge on any atom is -0.497 e. The van der Waals surface area contributed by atoms with Crippen molar-refractivity contribution in [2.45, 2.75) is 26.4 Å². The van der Waals surface area contributed by atoms with Crippen LogP contribution in [0.25, 0.3) is 0 Å². The summed E-state index contributed by atoms with van der Waals surface area (Å²) < 4.78 is 10.8. The molecule has 1 amide bonds. The first-order valence-electron chi connectivity index (χ1n) is 7.76. The molecule has 0 aromatic heterocycles.